The fraction of sp³-hybridized carbons (Fsp3) is 0.412. The summed E-state index contributed by atoms with van der Waals surface area (Å²) in [5.74, 6) is 1.83. The number of rotatable bonds is 3. The Balaban J connectivity index is 1.45. The van der Waals surface area contributed by atoms with Crippen molar-refractivity contribution < 1.29 is 9.53 Å². The van der Waals surface area contributed by atoms with Gasteiger partial charge in [0.05, 0.1) is 5.02 Å². The van der Waals surface area contributed by atoms with Gasteiger partial charge in [-0.3, -0.25) is 9.78 Å². The molecular weight excluding hydrogens is 314 g/mol. The quantitative estimate of drug-likeness (QED) is 0.934. The Morgan fingerprint density at radius 1 is 1.30 bits per heavy atom. The first kappa shape index (κ1) is 14.7. The van der Waals surface area contributed by atoms with Crippen molar-refractivity contribution in [3.8, 4) is 5.75 Å². The molecule has 0 bridgehead atoms. The Hall–Kier alpha value is -1.85. The second-order valence-electron chi connectivity index (χ2n) is 6.21. The van der Waals surface area contributed by atoms with E-state index in [1.807, 2.05) is 17.0 Å². The molecule has 4 rings (SSSR count). The molecule has 2 saturated heterocycles. The van der Waals surface area contributed by atoms with Gasteiger partial charge in [0, 0.05) is 37.8 Å². The van der Waals surface area contributed by atoms with E-state index in [1.54, 1.807) is 18.3 Å². The van der Waals surface area contributed by atoms with E-state index in [-0.39, 0.29) is 12.5 Å². The molecule has 2 aliphatic heterocycles. The van der Waals surface area contributed by atoms with Gasteiger partial charge in [0.15, 0.2) is 6.61 Å². The second-order valence-corrected chi connectivity index (χ2v) is 6.62. The zero-order chi connectivity index (χ0) is 15.8. The molecule has 0 radical (unpaired) electrons. The van der Waals surface area contributed by atoms with Crippen LogP contribution in [0.15, 0.2) is 30.5 Å². The Labute approximate surface area is 139 Å². The van der Waals surface area contributed by atoms with Crippen LogP contribution in [-0.2, 0) is 4.79 Å². The summed E-state index contributed by atoms with van der Waals surface area (Å²) in [6.07, 6.45) is 1.70. The number of aromatic nitrogens is 1. The van der Waals surface area contributed by atoms with Gasteiger partial charge in [-0.05, 0) is 36.1 Å². The largest absolute Gasteiger partial charge is 0.481 e. The number of nitrogens with zero attached hydrogens (tertiary/aromatic N) is 2. The third kappa shape index (κ3) is 2.75. The summed E-state index contributed by atoms with van der Waals surface area (Å²) in [5.41, 5.74) is 0.690. The number of fused-ring (bicyclic) bond motifs is 2. The second kappa shape index (κ2) is 5.98. The molecule has 2 aliphatic rings. The number of halogens is 1. The van der Waals surface area contributed by atoms with Gasteiger partial charge >= 0.3 is 0 Å². The topological polar surface area (TPSA) is 54.5 Å². The fourth-order valence-electron chi connectivity index (χ4n) is 3.52. The molecule has 0 spiro atoms. The van der Waals surface area contributed by atoms with Crippen LogP contribution in [0.5, 0.6) is 5.75 Å². The van der Waals surface area contributed by atoms with E-state index in [9.17, 15) is 4.79 Å². The Morgan fingerprint density at radius 3 is 2.87 bits per heavy atom. The lowest BCUT2D eigenvalue weighted by Crippen LogP contribution is -2.35. The molecule has 23 heavy (non-hydrogen) atoms. The van der Waals surface area contributed by atoms with Gasteiger partial charge in [0.25, 0.3) is 5.91 Å². The number of carbonyl (C=O) groups excluding carboxylic acids is 1. The number of ether oxygens (including phenoxy) is 1. The third-order valence-corrected chi connectivity index (χ3v) is 5.10. The minimum Gasteiger partial charge on any atom is -0.481 e. The molecule has 1 amide bonds. The highest BCUT2D eigenvalue weighted by molar-refractivity contribution is 6.35. The zero-order valence-electron chi connectivity index (χ0n) is 12.7. The van der Waals surface area contributed by atoms with Crippen LogP contribution >= 0.6 is 11.6 Å². The first-order chi connectivity index (χ1) is 11.2. The number of nitrogens with one attached hydrogen (secondary N) is 1. The van der Waals surface area contributed by atoms with Crippen molar-refractivity contribution in [3.63, 3.8) is 0 Å². The van der Waals surface area contributed by atoms with Crippen molar-refractivity contribution in [1.29, 1.82) is 0 Å². The number of benzene rings is 1. The van der Waals surface area contributed by atoms with Crippen molar-refractivity contribution in [2.45, 2.75) is 0 Å². The van der Waals surface area contributed by atoms with Gasteiger partial charge in [-0.25, -0.2) is 0 Å². The summed E-state index contributed by atoms with van der Waals surface area (Å²) >= 11 is 6.17. The summed E-state index contributed by atoms with van der Waals surface area (Å²) in [5, 5.41) is 4.84. The van der Waals surface area contributed by atoms with Crippen molar-refractivity contribution >= 4 is 28.4 Å². The predicted molar refractivity (Wildman–Crippen MR) is 88.7 cm³/mol. The molecule has 1 aromatic carbocycles. The lowest BCUT2D eigenvalue weighted by molar-refractivity contribution is -0.132. The molecule has 1 aromatic heterocycles. The Kier molecular flexibility index (Phi) is 3.83. The lowest BCUT2D eigenvalue weighted by atomic mass is 10.0. The number of carbonyl (C=O) groups is 1. The SMILES string of the molecule is O=C(COc1ccc(Cl)c2cccnc12)N1C[C@H]2CNC[C@H]2C1. The number of hydrogen-bond donors (Lipinski definition) is 1. The van der Waals surface area contributed by atoms with Crippen LogP contribution in [0.4, 0.5) is 0 Å². The first-order valence-corrected chi connectivity index (χ1v) is 8.24. The van der Waals surface area contributed by atoms with E-state index in [2.05, 4.69) is 10.3 Å². The maximum absolute atomic E-state index is 12.4. The smallest absolute Gasteiger partial charge is 0.260 e. The molecule has 0 saturated carbocycles. The first-order valence-electron chi connectivity index (χ1n) is 7.87. The van der Waals surface area contributed by atoms with E-state index in [4.69, 9.17) is 16.3 Å². The summed E-state index contributed by atoms with van der Waals surface area (Å²) in [6, 6.07) is 7.28. The van der Waals surface area contributed by atoms with Gasteiger partial charge < -0.3 is 15.0 Å². The number of pyridine rings is 1. The van der Waals surface area contributed by atoms with E-state index < -0.39 is 0 Å². The monoisotopic (exact) mass is 331 g/mol. The van der Waals surface area contributed by atoms with E-state index in [0.717, 1.165) is 31.6 Å². The maximum Gasteiger partial charge on any atom is 0.260 e. The Bertz CT molecular complexity index is 740. The summed E-state index contributed by atoms with van der Waals surface area (Å²) in [7, 11) is 0. The van der Waals surface area contributed by atoms with Crippen LogP contribution in [0, 0.1) is 11.8 Å². The normalized spacial score (nSPS) is 23.3. The molecule has 2 fully saturated rings. The molecule has 2 aromatic rings. The van der Waals surface area contributed by atoms with Gasteiger partial charge in [-0.1, -0.05) is 11.6 Å². The number of hydrogen-bond acceptors (Lipinski definition) is 4. The van der Waals surface area contributed by atoms with Gasteiger partial charge in [-0.2, -0.15) is 0 Å². The molecule has 1 N–H and O–H groups in total. The molecule has 6 heteroatoms. The molecule has 0 aliphatic carbocycles. The number of likely N-dealkylation sites (tertiary alicyclic amines) is 1. The number of amides is 1. The highest BCUT2D eigenvalue weighted by Gasteiger charge is 2.38. The van der Waals surface area contributed by atoms with Crippen LogP contribution in [0.2, 0.25) is 5.02 Å². The highest BCUT2D eigenvalue weighted by atomic mass is 35.5. The van der Waals surface area contributed by atoms with Crippen molar-refractivity contribution in [2.24, 2.45) is 11.8 Å². The summed E-state index contributed by atoms with van der Waals surface area (Å²) in [6.45, 7) is 3.74. The summed E-state index contributed by atoms with van der Waals surface area (Å²) in [4.78, 5) is 18.6. The van der Waals surface area contributed by atoms with Crippen LogP contribution in [-0.4, -0.2) is 48.6 Å². The van der Waals surface area contributed by atoms with Gasteiger partial charge in [0.1, 0.15) is 11.3 Å². The summed E-state index contributed by atoms with van der Waals surface area (Å²) < 4.78 is 5.74. The van der Waals surface area contributed by atoms with Crippen molar-refractivity contribution in [2.75, 3.05) is 32.8 Å². The van der Waals surface area contributed by atoms with E-state index >= 15 is 0 Å². The minimum absolute atomic E-state index is 0.0402. The minimum atomic E-state index is 0.0402. The zero-order valence-corrected chi connectivity index (χ0v) is 13.4. The van der Waals surface area contributed by atoms with E-state index in [1.165, 1.54) is 0 Å². The molecule has 0 unspecified atom stereocenters. The molecular formula is C17H18ClN3O2. The maximum atomic E-state index is 12.4. The lowest BCUT2D eigenvalue weighted by Gasteiger charge is -2.18. The van der Waals surface area contributed by atoms with Crippen LogP contribution in [0.3, 0.4) is 0 Å². The third-order valence-electron chi connectivity index (χ3n) is 4.77. The standard InChI is InChI=1S/C17H18ClN3O2/c18-14-3-4-15(17-13(14)2-1-5-20-17)23-10-16(22)21-8-11-6-19-7-12(11)9-21/h1-5,11-12,19H,6-10H2/t11-,12+. The van der Waals surface area contributed by atoms with Crippen LogP contribution < -0.4 is 10.1 Å². The fourth-order valence-corrected chi connectivity index (χ4v) is 3.73. The van der Waals surface area contributed by atoms with Gasteiger partial charge in [0.2, 0.25) is 0 Å². The highest BCUT2D eigenvalue weighted by Crippen LogP contribution is 2.30. The van der Waals surface area contributed by atoms with Gasteiger partial charge in [-0.15, -0.1) is 0 Å². The van der Waals surface area contributed by atoms with Crippen LogP contribution in [0.1, 0.15) is 0 Å². The predicted octanol–water partition coefficient (Wildman–Crippen LogP) is 1.94. The Morgan fingerprint density at radius 2 is 2.09 bits per heavy atom. The average molecular weight is 332 g/mol. The molecule has 120 valence electrons. The molecule has 2 atom stereocenters. The van der Waals surface area contributed by atoms with E-state index in [0.29, 0.717) is 28.1 Å². The molecule has 3 heterocycles. The average Bonchev–Trinajstić information content (AvgIpc) is 3.16. The van der Waals surface area contributed by atoms with Crippen LogP contribution in [0.25, 0.3) is 10.9 Å². The van der Waals surface area contributed by atoms with Crippen molar-refractivity contribution in [1.82, 2.24) is 15.2 Å². The van der Waals surface area contributed by atoms with Crippen molar-refractivity contribution in [3.05, 3.63) is 35.5 Å². The molecule has 5 nitrogen and oxygen atoms in total.